The topological polar surface area (TPSA) is 89.2 Å². The summed E-state index contributed by atoms with van der Waals surface area (Å²) >= 11 is 0.939. The highest BCUT2D eigenvalue weighted by atomic mass is 127. The fourth-order valence-corrected chi connectivity index (χ4v) is 2.61. The molecule has 2 aromatic heterocycles. The Balaban J connectivity index is 0.00000364. The van der Waals surface area contributed by atoms with Gasteiger partial charge in [-0.2, -0.15) is 13.2 Å². The predicted octanol–water partition coefficient (Wildman–Crippen LogP) is 2.10. The summed E-state index contributed by atoms with van der Waals surface area (Å²) in [7, 11) is 3.41. The molecule has 2 heterocycles. The molecule has 13 heteroatoms. The van der Waals surface area contributed by atoms with Gasteiger partial charge >= 0.3 is 6.18 Å². The van der Waals surface area contributed by atoms with Gasteiger partial charge in [0.1, 0.15) is 17.4 Å². The van der Waals surface area contributed by atoms with Crippen molar-refractivity contribution in [2.24, 2.45) is 12.0 Å². The third-order valence-electron chi connectivity index (χ3n) is 3.41. The molecule has 0 spiro atoms. The lowest BCUT2D eigenvalue weighted by Gasteiger charge is -2.11. The number of aryl methyl sites for hydroxylation is 1. The first-order valence-electron chi connectivity index (χ1n) is 7.69. The van der Waals surface area contributed by atoms with Crippen LogP contribution in [0.3, 0.4) is 0 Å². The van der Waals surface area contributed by atoms with E-state index < -0.39 is 11.9 Å². The fourth-order valence-electron chi connectivity index (χ4n) is 1.87. The van der Waals surface area contributed by atoms with Crippen LogP contribution in [0.15, 0.2) is 10.4 Å². The normalized spacial score (nSPS) is 12.0. The lowest BCUT2D eigenvalue weighted by Crippen LogP contribution is -2.38. The molecule has 0 aliphatic carbocycles. The van der Waals surface area contributed by atoms with Gasteiger partial charge in [0.05, 0.1) is 13.2 Å². The molecule has 0 amide bonds. The zero-order chi connectivity index (χ0) is 19.2. The molecule has 2 aromatic rings. The van der Waals surface area contributed by atoms with Gasteiger partial charge in [-0.05, 0) is 6.92 Å². The van der Waals surface area contributed by atoms with E-state index in [-0.39, 0.29) is 37.1 Å². The molecule has 0 unspecified atom stereocenters. The molecule has 0 fully saturated rings. The molecular weight excluding hydrogens is 498 g/mol. The Kier molecular flexibility index (Phi) is 9.38. The van der Waals surface area contributed by atoms with Crippen LogP contribution < -0.4 is 10.6 Å². The van der Waals surface area contributed by atoms with E-state index in [9.17, 15) is 13.2 Å². The third-order valence-corrected chi connectivity index (χ3v) is 4.26. The molecular formula is C14H21F3IN7OS. The van der Waals surface area contributed by atoms with Crippen LogP contribution in [0.5, 0.6) is 0 Å². The molecule has 0 saturated carbocycles. The lowest BCUT2D eigenvalue weighted by atomic mass is 10.5. The van der Waals surface area contributed by atoms with E-state index in [0.717, 1.165) is 22.5 Å². The number of aromatic nitrogens is 4. The number of thiazole rings is 1. The molecule has 2 rings (SSSR count). The van der Waals surface area contributed by atoms with Crippen molar-refractivity contribution in [3.05, 3.63) is 27.7 Å². The Morgan fingerprint density at radius 1 is 1.33 bits per heavy atom. The SMILES string of the molecule is COCCNC(=NCc1nnc(C)n1C)NCc1nc(C(F)(F)F)cs1.I. The highest BCUT2D eigenvalue weighted by Crippen LogP contribution is 2.29. The predicted molar refractivity (Wildman–Crippen MR) is 106 cm³/mol. The number of rotatable bonds is 7. The Morgan fingerprint density at radius 2 is 2.07 bits per heavy atom. The molecule has 0 bridgehead atoms. The van der Waals surface area contributed by atoms with Gasteiger partial charge in [-0.25, -0.2) is 9.98 Å². The molecule has 0 radical (unpaired) electrons. The average molecular weight is 519 g/mol. The van der Waals surface area contributed by atoms with Crippen molar-refractivity contribution in [3.63, 3.8) is 0 Å². The number of nitrogens with one attached hydrogen (secondary N) is 2. The van der Waals surface area contributed by atoms with Crippen molar-refractivity contribution in [2.75, 3.05) is 20.3 Å². The van der Waals surface area contributed by atoms with E-state index in [1.165, 1.54) is 0 Å². The van der Waals surface area contributed by atoms with Gasteiger partial charge in [-0.15, -0.1) is 45.5 Å². The first kappa shape index (κ1) is 23.6. The van der Waals surface area contributed by atoms with E-state index in [2.05, 4.69) is 30.8 Å². The first-order valence-corrected chi connectivity index (χ1v) is 8.56. The number of halogens is 4. The van der Waals surface area contributed by atoms with Gasteiger partial charge in [0.15, 0.2) is 17.5 Å². The van der Waals surface area contributed by atoms with Crippen LogP contribution in [0, 0.1) is 6.92 Å². The van der Waals surface area contributed by atoms with Crippen LogP contribution in [0.2, 0.25) is 0 Å². The minimum atomic E-state index is -4.44. The number of alkyl halides is 3. The van der Waals surface area contributed by atoms with Crippen LogP contribution in [-0.4, -0.2) is 46.0 Å². The average Bonchev–Trinajstić information content (AvgIpc) is 3.18. The lowest BCUT2D eigenvalue weighted by molar-refractivity contribution is -0.140. The third kappa shape index (κ3) is 7.21. The Hall–Kier alpha value is -1.48. The minimum Gasteiger partial charge on any atom is -0.383 e. The van der Waals surface area contributed by atoms with Crippen LogP contribution in [0.1, 0.15) is 22.4 Å². The summed E-state index contributed by atoms with van der Waals surface area (Å²) in [6.07, 6.45) is -4.44. The zero-order valence-corrected chi connectivity index (χ0v) is 18.1. The van der Waals surface area contributed by atoms with Crippen molar-refractivity contribution < 1.29 is 17.9 Å². The Bertz CT molecular complexity index is 747. The second-order valence-corrected chi connectivity index (χ2v) is 6.23. The second kappa shape index (κ2) is 10.8. The summed E-state index contributed by atoms with van der Waals surface area (Å²) in [5.41, 5.74) is -0.889. The van der Waals surface area contributed by atoms with Crippen LogP contribution in [0.25, 0.3) is 0 Å². The summed E-state index contributed by atoms with van der Waals surface area (Å²) in [4.78, 5) is 7.96. The van der Waals surface area contributed by atoms with Crippen molar-refractivity contribution >= 4 is 41.3 Å². The summed E-state index contributed by atoms with van der Waals surface area (Å²) < 4.78 is 44.6. The highest BCUT2D eigenvalue weighted by molar-refractivity contribution is 14.0. The van der Waals surface area contributed by atoms with E-state index in [1.807, 2.05) is 18.5 Å². The summed E-state index contributed by atoms with van der Waals surface area (Å²) in [5, 5.41) is 15.3. The van der Waals surface area contributed by atoms with Crippen molar-refractivity contribution in [1.29, 1.82) is 0 Å². The summed E-state index contributed by atoms with van der Waals surface area (Å²) in [6, 6.07) is 0. The van der Waals surface area contributed by atoms with Crippen LogP contribution in [0.4, 0.5) is 13.2 Å². The number of aliphatic imine (C=N–C) groups is 1. The van der Waals surface area contributed by atoms with Gasteiger partial charge in [0.2, 0.25) is 0 Å². The zero-order valence-electron chi connectivity index (χ0n) is 15.0. The number of ether oxygens (including phenoxy) is 1. The Morgan fingerprint density at radius 3 is 2.63 bits per heavy atom. The maximum Gasteiger partial charge on any atom is 0.434 e. The monoisotopic (exact) mass is 519 g/mol. The summed E-state index contributed by atoms with van der Waals surface area (Å²) in [6.45, 7) is 3.17. The number of guanidine groups is 1. The molecule has 2 N–H and O–H groups in total. The molecule has 0 aliphatic rings. The van der Waals surface area contributed by atoms with E-state index in [4.69, 9.17) is 4.74 Å². The van der Waals surface area contributed by atoms with Crippen molar-refractivity contribution in [1.82, 2.24) is 30.4 Å². The molecule has 8 nitrogen and oxygen atoms in total. The van der Waals surface area contributed by atoms with E-state index in [1.54, 1.807) is 7.11 Å². The van der Waals surface area contributed by atoms with Crippen molar-refractivity contribution in [3.8, 4) is 0 Å². The molecule has 152 valence electrons. The van der Waals surface area contributed by atoms with Gasteiger partial charge in [0, 0.05) is 26.1 Å². The Labute approximate surface area is 175 Å². The summed E-state index contributed by atoms with van der Waals surface area (Å²) in [5.74, 6) is 1.86. The quantitative estimate of drug-likeness (QED) is 0.252. The molecule has 27 heavy (non-hydrogen) atoms. The smallest absolute Gasteiger partial charge is 0.383 e. The number of methoxy groups -OCH3 is 1. The highest BCUT2D eigenvalue weighted by Gasteiger charge is 2.33. The number of nitrogens with zero attached hydrogens (tertiary/aromatic N) is 5. The largest absolute Gasteiger partial charge is 0.434 e. The van der Waals surface area contributed by atoms with Gasteiger partial charge in [-0.1, -0.05) is 0 Å². The maximum absolute atomic E-state index is 12.6. The van der Waals surface area contributed by atoms with Gasteiger partial charge in [-0.3, -0.25) is 0 Å². The second-order valence-electron chi connectivity index (χ2n) is 5.28. The van der Waals surface area contributed by atoms with Crippen molar-refractivity contribution in [2.45, 2.75) is 26.2 Å². The standard InChI is InChI=1S/C14H20F3N7OS.HI/c1-9-22-23-11(24(9)2)6-19-13(18-4-5-25-3)20-7-12-21-10(8-26-12)14(15,16)17;/h8H,4-7H2,1-3H3,(H2,18,19,20);1H. The van der Waals surface area contributed by atoms with Gasteiger partial charge in [0.25, 0.3) is 0 Å². The number of hydrogen-bond donors (Lipinski definition) is 2. The molecule has 0 aliphatic heterocycles. The van der Waals surface area contributed by atoms with E-state index in [0.29, 0.717) is 29.9 Å². The van der Waals surface area contributed by atoms with Gasteiger partial charge < -0.3 is 19.9 Å². The molecule has 0 saturated heterocycles. The fraction of sp³-hybridized carbons (Fsp3) is 0.571. The molecule has 0 aromatic carbocycles. The molecule has 0 atom stereocenters. The first-order chi connectivity index (χ1) is 12.3. The number of hydrogen-bond acceptors (Lipinski definition) is 6. The van der Waals surface area contributed by atoms with Crippen LogP contribution in [-0.2, 0) is 31.1 Å². The van der Waals surface area contributed by atoms with Crippen LogP contribution >= 0.6 is 35.3 Å². The minimum absolute atomic E-state index is 0. The maximum atomic E-state index is 12.6. The van der Waals surface area contributed by atoms with E-state index >= 15 is 0 Å².